The van der Waals surface area contributed by atoms with Gasteiger partial charge < -0.3 is 4.74 Å². The van der Waals surface area contributed by atoms with Gasteiger partial charge in [-0.25, -0.2) is 0 Å². The molecule has 0 saturated carbocycles. The Morgan fingerprint density at radius 3 is 1.92 bits per heavy atom. The predicted octanol–water partition coefficient (Wildman–Crippen LogP) is 0.427. The number of carbonyl (C=O) groups is 2. The van der Waals surface area contributed by atoms with Crippen molar-refractivity contribution in [3.8, 4) is 5.75 Å². The minimum Gasteiger partial charge on any atom is -0.426 e. The lowest BCUT2D eigenvalue weighted by Gasteiger charge is -2.16. The summed E-state index contributed by atoms with van der Waals surface area (Å²) in [4.78, 5) is 23.1. The van der Waals surface area contributed by atoms with Crippen LogP contribution in [0.2, 0.25) is 0 Å². The number of ketones is 1. The molecule has 6 radical (unpaired) electrons. The molecule has 0 aliphatic heterocycles. The summed E-state index contributed by atoms with van der Waals surface area (Å²) >= 11 is 0. The Balaban J connectivity index is 2.91. The second kappa shape index (κ2) is 8.81. The molecule has 0 bridgehead atoms. The molecule has 1 N–H and O–H groups in total. The molecule has 0 amide bonds. The van der Waals surface area contributed by atoms with Crippen LogP contribution in [0, 0.1) is 0 Å². The summed E-state index contributed by atoms with van der Waals surface area (Å²) in [5.74, 6) is -3.17. The Morgan fingerprint density at radius 1 is 1.04 bits per heavy atom. The van der Waals surface area contributed by atoms with Crippen LogP contribution in [0.25, 0.3) is 0 Å². The van der Waals surface area contributed by atoms with Gasteiger partial charge in [0, 0.05) is 6.42 Å². The third-order valence-electron chi connectivity index (χ3n) is 3.40. The van der Waals surface area contributed by atoms with Crippen molar-refractivity contribution in [2.24, 2.45) is 0 Å². The Kier molecular flexibility index (Phi) is 7.58. The highest BCUT2D eigenvalue weighted by Gasteiger charge is 2.51. The van der Waals surface area contributed by atoms with Crippen LogP contribution in [-0.4, -0.2) is 53.5 Å². The van der Waals surface area contributed by atoms with E-state index < -0.39 is 40.0 Å². The third kappa shape index (κ3) is 5.17. The number of rotatable bonds is 9. The number of alkyl halides is 2. The van der Waals surface area contributed by atoms with Gasteiger partial charge in [-0.2, -0.15) is 17.2 Å². The van der Waals surface area contributed by atoms with Crippen molar-refractivity contribution in [1.82, 2.24) is 0 Å². The first-order valence-electron chi connectivity index (χ1n) is 7.31. The predicted molar refractivity (Wildman–Crippen MR) is 91.2 cm³/mol. The van der Waals surface area contributed by atoms with Gasteiger partial charge in [0.25, 0.3) is 0 Å². The molecule has 1 aromatic rings. The van der Waals surface area contributed by atoms with Crippen molar-refractivity contribution in [1.29, 1.82) is 0 Å². The van der Waals surface area contributed by atoms with Gasteiger partial charge >= 0.3 is 21.3 Å². The van der Waals surface area contributed by atoms with Crippen molar-refractivity contribution in [2.45, 2.75) is 37.1 Å². The first-order chi connectivity index (χ1) is 12.0. The van der Waals surface area contributed by atoms with Crippen LogP contribution in [-0.2, 0) is 38.7 Å². The van der Waals surface area contributed by atoms with Gasteiger partial charge in [-0.1, -0.05) is 36.7 Å². The van der Waals surface area contributed by atoms with E-state index in [2.05, 4.69) is 0 Å². The Morgan fingerprint density at radius 2 is 1.54 bits per heavy atom. The molecule has 1 aromatic carbocycles. The summed E-state index contributed by atoms with van der Waals surface area (Å²) in [6.45, 7) is 0. The number of Topliss-reactive ketones (excluding diaryl/α,β-unsaturated/α-hetero) is 1. The molecule has 26 heavy (non-hydrogen) atoms. The van der Waals surface area contributed by atoms with Gasteiger partial charge in [0.15, 0.2) is 0 Å². The lowest BCUT2D eigenvalue weighted by molar-refractivity contribution is -0.140. The number of halogens is 2. The normalized spacial score (nSPS) is 12.0. The van der Waals surface area contributed by atoms with Gasteiger partial charge in [0.1, 0.15) is 5.75 Å². The maximum Gasteiger partial charge on any atom is 0.426 e. The third-order valence-corrected chi connectivity index (χ3v) is 4.27. The van der Waals surface area contributed by atoms with Crippen LogP contribution < -0.4 is 4.74 Å². The zero-order chi connectivity index (χ0) is 20.1. The summed E-state index contributed by atoms with van der Waals surface area (Å²) in [5.41, 5.74) is 1.49. The highest BCUT2D eigenvalue weighted by molar-refractivity contribution is 7.87. The monoisotopic (exact) mass is 380 g/mol. The van der Waals surface area contributed by atoms with Crippen LogP contribution in [0.3, 0.4) is 0 Å². The van der Waals surface area contributed by atoms with E-state index in [0.29, 0.717) is 16.7 Å². The SMILES string of the molecule is [B]Cc1cc(C[B])c(OC(=O)CCC(=O)C(F)(F)S(=O)(=O)O)c(C[B])c1. The molecule has 1 rings (SSSR count). The lowest BCUT2D eigenvalue weighted by atomic mass is 9.85. The Labute approximate surface area is 153 Å². The van der Waals surface area contributed by atoms with E-state index >= 15 is 0 Å². The zero-order valence-corrected chi connectivity index (χ0v) is 14.4. The molecule has 12 heteroatoms. The van der Waals surface area contributed by atoms with Gasteiger partial charge in [0.2, 0.25) is 5.78 Å². The molecule has 0 fully saturated rings. The van der Waals surface area contributed by atoms with Gasteiger partial charge in [-0.3, -0.25) is 14.1 Å². The Bertz CT molecular complexity index is 773. The molecule has 0 aliphatic rings. The van der Waals surface area contributed by atoms with E-state index in [1.54, 1.807) is 12.1 Å². The summed E-state index contributed by atoms with van der Waals surface area (Å²) < 4.78 is 60.7. The molecule has 0 aromatic heterocycles. The lowest BCUT2D eigenvalue weighted by Crippen LogP contribution is -2.37. The molecule has 0 atom stereocenters. The molecular weight excluding hydrogens is 367 g/mol. The van der Waals surface area contributed by atoms with E-state index in [4.69, 9.17) is 32.8 Å². The van der Waals surface area contributed by atoms with Crippen molar-refractivity contribution in [3.05, 3.63) is 28.8 Å². The molecule has 0 unspecified atom stereocenters. The summed E-state index contributed by atoms with van der Waals surface area (Å²) in [6, 6.07) is 3.17. The van der Waals surface area contributed by atoms with Gasteiger partial charge in [0.05, 0.1) is 30.0 Å². The fraction of sp³-hybridized carbons (Fsp3) is 0.429. The first kappa shape index (κ1) is 22.4. The average molecular weight is 380 g/mol. The number of benzene rings is 1. The van der Waals surface area contributed by atoms with Crippen LogP contribution in [0.5, 0.6) is 5.75 Å². The minimum atomic E-state index is -5.92. The second-order valence-corrected chi connectivity index (χ2v) is 6.71. The van der Waals surface area contributed by atoms with E-state index in [9.17, 15) is 26.8 Å². The van der Waals surface area contributed by atoms with Crippen LogP contribution in [0.4, 0.5) is 8.78 Å². The summed E-state index contributed by atoms with van der Waals surface area (Å²) in [6.07, 6.45) is -1.85. The number of esters is 1. The molecule has 0 heterocycles. The van der Waals surface area contributed by atoms with E-state index in [0.717, 1.165) is 0 Å². The Hall–Kier alpha value is -1.68. The minimum absolute atomic E-state index is 0.0246. The van der Waals surface area contributed by atoms with E-state index in [1.165, 1.54) is 0 Å². The topological polar surface area (TPSA) is 97.7 Å². The van der Waals surface area contributed by atoms with Crippen molar-refractivity contribution in [2.75, 3.05) is 0 Å². The summed E-state index contributed by atoms with van der Waals surface area (Å²) in [7, 11) is 10.8. The fourth-order valence-electron chi connectivity index (χ4n) is 2.05. The average Bonchev–Trinajstić information content (AvgIpc) is 2.58. The maximum absolute atomic E-state index is 13.1. The second-order valence-electron chi connectivity index (χ2n) is 5.24. The van der Waals surface area contributed by atoms with E-state index in [1.807, 2.05) is 0 Å². The highest BCUT2D eigenvalue weighted by atomic mass is 32.2. The van der Waals surface area contributed by atoms with Crippen LogP contribution >= 0.6 is 0 Å². The molecule has 0 spiro atoms. The van der Waals surface area contributed by atoms with Crippen molar-refractivity contribution in [3.63, 3.8) is 0 Å². The number of hydrogen-bond donors (Lipinski definition) is 1. The quantitative estimate of drug-likeness (QED) is 0.289. The molecule has 134 valence electrons. The van der Waals surface area contributed by atoms with Crippen molar-refractivity contribution < 1.29 is 36.1 Å². The van der Waals surface area contributed by atoms with Crippen molar-refractivity contribution >= 4 is 45.4 Å². The van der Waals surface area contributed by atoms with E-state index in [-0.39, 0.29) is 24.7 Å². The molecular formula is C14H13B3F2O6S. The highest BCUT2D eigenvalue weighted by Crippen LogP contribution is 2.28. The zero-order valence-electron chi connectivity index (χ0n) is 13.6. The molecule has 0 aliphatic carbocycles. The first-order valence-corrected chi connectivity index (χ1v) is 8.75. The molecule has 6 nitrogen and oxygen atoms in total. The number of hydrogen-bond acceptors (Lipinski definition) is 5. The maximum atomic E-state index is 13.1. The number of ether oxygens (including phenoxy) is 1. The summed E-state index contributed by atoms with van der Waals surface area (Å²) in [5, 5.41) is -5.00. The molecule has 0 saturated heterocycles. The van der Waals surface area contributed by atoms with Gasteiger partial charge in [-0.15, -0.1) is 0 Å². The van der Waals surface area contributed by atoms with Crippen LogP contribution in [0.1, 0.15) is 29.5 Å². The number of carbonyl (C=O) groups excluding carboxylic acids is 2. The standard InChI is InChI=1S/C14H13B3F2O6S/c15-5-8-3-9(6-16)13(10(4-8)7-17)25-12(21)2-1-11(20)14(18,19)26(22,23)24/h3-4H,1-2,5-7H2,(H,22,23,24). The van der Waals surface area contributed by atoms with Gasteiger partial charge in [-0.05, 0) is 11.1 Å². The van der Waals surface area contributed by atoms with Crippen LogP contribution in [0.15, 0.2) is 12.1 Å². The fourth-order valence-corrected chi connectivity index (χ4v) is 2.44. The largest absolute Gasteiger partial charge is 0.426 e. The smallest absolute Gasteiger partial charge is 0.426 e.